The molecule has 4 nitrogen and oxygen atoms in total. The molecule has 0 bridgehead atoms. The van der Waals surface area contributed by atoms with Gasteiger partial charge in [0, 0.05) is 16.6 Å². The zero-order chi connectivity index (χ0) is 13.0. The number of nitriles is 1. The SMILES string of the molecule is CSc1ccc(Nc2cc(C#N)nc(C)n2)cc1. The Morgan fingerprint density at radius 3 is 2.56 bits per heavy atom. The topological polar surface area (TPSA) is 61.6 Å². The Labute approximate surface area is 110 Å². The summed E-state index contributed by atoms with van der Waals surface area (Å²) in [4.78, 5) is 9.45. The van der Waals surface area contributed by atoms with E-state index < -0.39 is 0 Å². The van der Waals surface area contributed by atoms with E-state index in [0.717, 1.165) is 5.69 Å². The molecule has 1 aromatic heterocycles. The zero-order valence-electron chi connectivity index (χ0n) is 10.1. The maximum atomic E-state index is 8.85. The van der Waals surface area contributed by atoms with Crippen LogP contribution in [-0.2, 0) is 0 Å². The highest BCUT2D eigenvalue weighted by atomic mass is 32.2. The highest BCUT2D eigenvalue weighted by Gasteiger charge is 2.01. The highest BCUT2D eigenvalue weighted by molar-refractivity contribution is 7.98. The van der Waals surface area contributed by atoms with Crippen LogP contribution >= 0.6 is 11.8 Å². The van der Waals surface area contributed by atoms with Crippen LogP contribution in [0.4, 0.5) is 11.5 Å². The Kier molecular flexibility index (Phi) is 3.80. The first-order chi connectivity index (χ1) is 8.71. The molecule has 18 heavy (non-hydrogen) atoms. The highest BCUT2D eigenvalue weighted by Crippen LogP contribution is 2.20. The van der Waals surface area contributed by atoms with E-state index in [1.165, 1.54) is 4.90 Å². The Hall–Kier alpha value is -2.06. The van der Waals surface area contributed by atoms with Crippen LogP contribution in [0.25, 0.3) is 0 Å². The zero-order valence-corrected chi connectivity index (χ0v) is 11.0. The van der Waals surface area contributed by atoms with Crippen molar-refractivity contribution in [1.82, 2.24) is 9.97 Å². The first-order valence-electron chi connectivity index (χ1n) is 5.38. The van der Waals surface area contributed by atoms with Crippen LogP contribution in [0.1, 0.15) is 11.5 Å². The van der Waals surface area contributed by atoms with E-state index in [9.17, 15) is 0 Å². The summed E-state index contributed by atoms with van der Waals surface area (Å²) < 4.78 is 0. The van der Waals surface area contributed by atoms with Crippen molar-refractivity contribution < 1.29 is 0 Å². The van der Waals surface area contributed by atoms with Gasteiger partial charge in [-0.2, -0.15) is 5.26 Å². The molecule has 0 spiro atoms. The lowest BCUT2D eigenvalue weighted by Crippen LogP contribution is -1.98. The normalized spacial score (nSPS) is 9.83. The molecule has 0 saturated carbocycles. The third-order valence-electron chi connectivity index (χ3n) is 2.31. The Bertz CT molecular complexity index is 587. The van der Waals surface area contributed by atoms with E-state index in [1.807, 2.05) is 36.6 Å². The van der Waals surface area contributed by atoms with Crippen molar-refractivity contribution in [1.29, 1.82) is 5.26 Å². The van der Waals surface area contributed by atoms with Gasteiger partial charge in [-0.15, -0.1) is 11.8 Å². The molecule has 2 aromatic rings. The molecule has 0 aliphatic heterocycles. The number of benzene rings is 1. The third kappa shape index (κ3) is 2.99. The maximum Gasteiger partial charge on any atom is 0.146 e. The van der Waals surface area contributed by atoms with Gasteiger partial charge in [0.15, 0.2) is 0 Å². The summed E-state index contributed by atoms with van der Waals surface area (Å²) in [5.74, 6) is 1.22. The van der Waals surface area contributed by atoms with E-state index in [2.05, 4.69) is 15.3 Å². The molecule has 0 radical (unpaired) electrons. The molecule has 0 aliphatic rings. The second kappa shape index (κ2) is 5.52. The first kappa shape index (κ1) is 12.4. The second-order valence-electron chi connectivity index (χ2n) is 3.65. The fourth-order valence-electron chi connectivity index (χ4n) is 1.51. The van der Waals surface area contributed by atoms with Gasteiger partial charge in [-0.1, -0.05) is 0 Å². The monoisotopic (exact) mass is 256 g/mol. The molecule has 0 unspecified atom stereocenters. The Morgan fingerprint density at radius 1 is 1.22 bits per heavy atom. The molecule has 0 amide bonds. The van der Waals surface area contributed by atoms with Crippen molar-refractivity contribution in [2.45, 2.75) is 11.8 Å². The third-order valence-corrected chi connectivity index (χ3v) is 3.06. The van der Waals surface area contributed by atoms with Gasteiger partial charge in [0.25, 0.3) is 0 Å². The number of hydrogen-bond donors (Lipinski definition) is 1. The van der Waals surface area contributed by atoms with Crippen LogP contribution in [0.15, 0.2) is 35.2 Å². The first-order valence-corrected chi connectivity index (χ1v) is 6.60. The van der Waals surface area contributed by atoms with Gasteiger partial charge < -0.3 is 5.32 Å². The molecule has 5 heteroatoms. The van der Waals surface area contributed by atoms with Crippen LogP contribution in [0, 0.1) is 18.3 Å². The molecule has 90 valence electrons. The number of nitrogens with zero attached hydrogens (tertiary/aromatic N) is 3. The summed E-state index contributed by atoms with van der Waals surface area (Å²) in [5, 5.41) is 12.0. The summed E-state index contributed by atoms with van der Waals surface area (Å²) in [6, 6.07) is 11.7. The van der Waals surface area contributed by atoms with Gasteiger partial charge in [-0.05, 0) is 37.4 Å². The Morgan fingerprint density at radius 2 is 1.94 bits per heavy atom. The average Bonchev–Trinajstić information content (AvgIpc) is 2.39. The van der Waals surface area contributed by atoms with Gasteiger partial charge in [-0.25, -0.2) is 9.97 Å². The summed E-state index contributed by atoms with van der Waals surface area (Å²) in [7, 11) is 0. The number of thioether (sulfide) groups is 1. The van der Waals surface area contributed by atoms with Gasteiger partial charge >= 0.3 is 0 Å². The van der Waals surface area contributed by atoms with E-state index in [1.54, 1.807) is 24.8 Å². The minimum atomic E-state index is 0.366. The fraction of sp³-hybridized carbons (Fsp3) is 0.154. The van der Waals surface area contributed by atoms with Crippen LogP contribution in [0.2, 0.25) is 0 Å². The number of anilines is 2. The van der Waals surface area contributed by atoms with Crippen molar-refractivity contribution in [3.63, 3.8) is 0 Å². The van der Waals surface area contributed by atoms with E-state index in [4.69, 9.17) is 5.26 Å². The molecule has 1 heterocycles. The van der Waals surface area contributed by atoms with E-state index in [0.29, 0.717) is 17.3 Å². The van der Waals surface area contributed by atoms with Gasteiger partial charge in [-0.3, -0.25) is 0 Å². The molecule has 0 atom stereocenters. The summed E-state index contributed by atoms with van der Waals surface area (Å²) in [6.07, 6.45) is 2.04. The van der Waals surface area contributed by atoms with Crippen molar-refractivity contribution in [2.75, 3.05) is 11.6 Å². The average molecular weight is 256 g/mol. The molecule has 1 aromatic carbocycles. The van der Waals surface area contributed by atoms with Crippen LogP contribution in [-0.4, -0.2) is 16.2 Å². The Balaban J connectivity index is 2.22. The van der Waals surface area contributed by atoms with Crippen LogP contribution < -0.4 is 5.32 Å². The predicted molar refractivity (Wildman–Crippen MR) is 73.0 cm³/mol. The van der Waals surface area contributed by atoms with Crippen molar-refractivity contribution >= 4 is 23.3 Å². The molecule has 2 rings (SSSR count). The minimum absolute atomic E-state index is 0.366. The minimum Gasteiger partial charge on any atom is -0.340 e. The number of aryl methyl sites for hydroxylation is 1. The van der Waals surface area contributed by atoms with Crippen molar-refractivity contribution in [2.24, 2.45) is 0 Å². The standard InChI is InChI=1S/C13H12N4S/c1-9-15-11(8-14)7-13(16-9)17-10-3-5-12(18-2)6-4-10/h3-7H,1-2H3,(H,15,16,17). The number of rotatable bonds is 3. The second-order valence-corrected chi connectivity index (χ2v) is 4.53. The summed E-state index contributed by atoms with van der Waals surface area (Å²) >= 11 is 1.70. The van der Waals surface area contributed by atoms with Gasteiger partial charge in [0.1, 0.15) is 23.4 Å². The number of hydrogen-bond acceptors (Lipinski definition) is 5. The fourth-order valence-corrected chi connectivity index (χ4v) is 1.92. The molecule has 1 N–H and O–H groups in total. The van der Waals surface area contributed by atoms with Crippen LogP contribution in [0.5, 0.6) is 0 Å². The molecular formula is C13H12N4S. The number of nitrogens with one attached hydrogen (secondary N) is 1. The smallest absolute Gasteiger partial charge is 0.146 e. The molecule has 0 saturated heterocycles. The lowest BCUT2D eigenvalue weighted by atomic mass is 10.3. The van der Waals surface area contributed by atoms with E-state index in [-0.39, 0.29) is 0 Å². The molecule has 0 fully saturated rings. The maximum absolute atomic E-state index is 8.85. The largest absolute Gasteiger partial charge is 0.340 e. The summed E-state index contributed by atoms with van der Waals surface area (Å²) in [5.41, 5.74) is 1.31. The van der Waals surface area contributed by atoms with Crippen molar-refractivity contribution in [3.8, 4) is 6.07 Å². The summed E-state index contributed by atoms with van der Waals surface area (Å²) in [6.45, 7) is 1.77. The lowest BCUT2D eigenvalue weighted by Gasteiger charge is -2.07. The lowest BCUT2D eigenvalue weighted by molar-refractivity contribution is 1.04. The number of aromatic nitrogens is 2. The van der Waals surface area contributed by atoms with E-state index >= 15 is 0 Å². The van der Waals surface area contributed by atoms with Gasteiger partial charge in [0.2, 0.25) is 0 Å². The van der Waals surface area contributed by atoms with Crippen LogP contribution in [0.3, 0.4) is 0 Å². The predicted octanol–water partition coefficient (Wildman–Crippen LogP) is 3.12. The molecule has 0 aliphatic carbocycles. The van der Waals surface area contributed by atoms with Gasteiger partial charge in [0.05, 0.1) is 0 Å². The van der Waals surface area contributed by atoms with Crippen molar-refractivity contribution in [3.05, 3.63) is 41.9 Å². The quantitative estimate of drug-likeness (QED) is 0.855. The molecular weight excluding hydrogens is 244 g/mol.